The molecule has 0 aromatic carbocycles. The van der Waals surface area contributed by atoms with Gasteiger partial charge in [0.2, 0.25) is 0 Å². The van der Waals surface area contributed by atoms with Gasteiger partial charge in [0.25, 0.3) is 0 Å². The Labute approximate surface area is 83.1 Å². The summed E-state index contributed by atoms with van der Waals surface area (Å²) in [6.07, 6.45) is -0.311. The lowest BCUT2D eigenvalue weighted by Crippen LogP contribution is -2.14. The number of hydrogen-bond donors (Lipinski definition) is 1. The molecule has 1 saturated heterocycles. The van der Waals surface area contributed by atoms with Crippen molar-refractivity contribution in [3.8, 4) is 0 Å². The van der Waals surface area contributed by atoms with E-state index in [9.17, 15) is 13.2 Å². The maximum absolute atomic E-state index is 11.9. The van der Waals surface area contributed by atoms with E-state index in [0.717, 1.165) is 38.8 Å². The molecule has 1 heterocycles. The summed E-state index contributed by atoms with van der Waals surface area (Å²) >= 11 is 0. The van der Waals surface area contributed by atoms with E-state index < -0.39 is 12.6 Å². The summed E-state index contributed by atoms with van der Waals surface area (Å²) < 4.78 is 35.6. The molecular formula is C10H18F3N. The van der Waals surface area contributed by atoms with Gasteiger partial charge in [-0.2, -0.15) is 13.2 Å². The first kappa shape index (κ1) is 11.8. The van der Waals surface area contributed by atoms with Gasteiger partial charge in [-0.25, -0.2) is 0 Å². The Kier molecular flexibility index (Phi) is 4.72. The fourth-order valence-corrected chi connectivity index (χ4v) is 1.97. The first-order valence-corrected chi connectivity index (χ1v) is 5.35. The highest BCUT2D eigenvalue weighted by Crippen LogP contribution is 2.26. The molecule has 1 fully saturated rings. The van der Waals surface area contributed by atoms with Crippen LogP contribution in [0.25, 0.3) is 0 Å². The van der Waals surface area contributed by atoms with Crippen molar-refractivity contribution < 1.29 is 13.2 Å². The summed E-state index contributed by atoms with van der Waals surface area (Å²) in [6.45, 7) is 1.99. The molecule has 0 radical (unpaired) electrons. The van der Waals surface area contributed by atoms with Crippen LogP contribution in [0, 0.1) is 5.92 Å². The van der Waals surface area contributed by atoms with E-state index in [2.05, 4.69) is 5.32 Å². The zero-order valence-electron chi connectivity index (χ0n) is 8.37. The van der Waals surface area contributed by atoms with E-state index in [0.29, 0.717) is 12.3 Å². The number of alkyl halides is 3. The maximum Gasteiger partial charge on any atom is 0.389 e. The molecule has 1 rings (SSSR count). The van der Waals surface area contributed by atoms with Crippen molar-refractivity contribution in [3.63, 3.8) is 0 Å². The molecule has 1 N–H and O–H groups in total. The van der Waals surface area contributed by atoms with Crippen molar-refractivity contribution in [3.05, 3.63) is 0 Å². The molecule has 1 unspecified atom stereocenters. The smallest absolute Gasteiger partial charge is 0.317 e. The molecule has 14 heavy (non-hydrogen) atoms. The lowest BCUT2D eigenvalue weighted by molar-refractivity contribution is -0.136. The zero-order valence-corrected chi connectivity index (χ0v) is 8.37. The summed E-state index contributed by atoms with van der Waals surface area (Å²) in [5.41, 5.74) is 0. The summed E-state index contributed by atoms with van der Waals surface area (Å²) in [7, 11) is 0. The minimum atomic E-state index is -3.97. The van der Waals surface area contributed by atoms with Crippen LogP contribution < -0.4 is 5.32 Å². The second-order valence-corrected chi connectivity index (χ2v) is 4.05. The monoisotopic (exact) mass is 209 g/mol. The topological polar surface area (TPSA) is 12.0 Å². The molecular weight excluding hydrogens is 191 g/mol. The van der Waals surface area contributed by atoms with Gasteiger partial charge in [0.15, 0.2) is 0 Å². The van der Waals surface area contributed by atoms with Gasteiger partial charge in [-0.3, -0.25) is 0 Å². The molecule has 0 bridgehead atoms. The Morgan fingerprint density at radius 3 is 2.64 bits per heavy atom. The number of nitrogens with one attached hydrogen (secondary N) is 1. The highest BCUT2D eigenvalue weighted by atomic mass is 19.4. The molecule has 1 aliphatic rings. The van der Waals surface area contributed by atoms with Crippen LogP contribution in [0.2, 0.25) is 0 Å². The minimum absolute atomic E-state index is 0.300. The molecule has 1 atom stereocenters. The van der Waals surface area contributed by atoms with Crippen molar-refractivity contribution >= 4 is 0 Å². The van der Waals surface area contributed by atoms with Crippen molar-refractivity contribution in [1.29, 1.82) is 0 Å². The second-order valence-electron chi connectivity index (χ2n) is 4.05. The van der Waals surface area contributed by atoms with Crippen LogP contribution in [0.15, 0.2) is 0 Å². The Balaban J connectivity index is 2.10. The molecule has 0 aromatic heterocycles. The lowest BCUT2D eigenvalue weighted by atomic mass is 9.94. The van der Waals surface area contributed by atoms with Crippen LogP contribution in [0.4, 0.5) is 13.2 Å². The predicted octanol–water partition coefficient (Wildman–Crippen LogP) is 3.11. The summed E-state index contributed by atoms with van der Waals surface area (Å²) in [4.78, 5) is 0. The van der Waals surface area contributed by atoms with Crippen molar-refractivity contribution in [1.82, 2.24) is 5.32 Å². The molecule has 84 valence electrons. The molecule has 0 aliphatic carbocycles. The minimum Gasteiger partial charge on any atom is -0.317 e. The van der Waals surface area contributed by atoms with Crippen molar-refractivity contribution in [2.24, 2.45) is 5.92 Å². The lowest BCUT2D eigenvalue weighted by Gasteiger charge is -2.13. The van der Waals surface area contributed by atoms with E-state index in [1.807, 2.05) is 0 Å². The highest BCUT2D eigenvalue weighted by molar-refractivity contribution is 4.67. The molecule has 1 aliphatic heterocycles. The average Bonchev–Trinajstić information content (AvgIpc) is 2.30. The quantitative estimate of drug-likeness (QED) is 0.753. The van der Waals surface area contributed by atoms with Gasteiger partial charge in [0.1, 0.15) is 0 Å². The highest BCUT2D eigenvalue weighted by Gasteiger charge is 2.26. The number of halogens is 3. The van der Waals surface area contributed by atoms with Gasteiger partial charge >= 0.3 is 6.18 Å². The van der Waals surface area contributed by atoms with Gasteiger partial charge < -0.3 is 5.32 Å². The van der Waals surface area contributed by atoms with E-state index in [4.69, 9.17) is 0 Å². The Morgan fingerprint density at radius 2 is 1.93 bits per heavy atom. The molecule has 0 spiro atoms. The third kappa shape index (κ3) is 5.47. The second kappa shape index (κ2) is 5.59. The fourth-order valence-electron chi connectivity index (χ4n) is 1.97. The number of hydrogen-bond acceptors (Lipinski definition) is 1. The molecule has 0 amide bonds. The SMILES string of the molecule is FC(F)(F)CCCC1CCCNCC1. The van der Waals surface area contributed by atoms with E-state index in [1.165, 1.54) is 0 Å². The summed E-state index contributed by atoms with van der Waals surface area (Å²) in [5, 5.41) is 3.26. The van der Waals surface area contributed by atoms with E-state index in [-0.39, 0.29) is 0 Å². The van der Waals surface area contributed by atoms with E-state index >= 15 is 0 Å². The first-order chi connectivity index (χ1) is 6.58. The van der Waals surface area contributed by atoms with Crippen molar-refractivity contribution in [2.75, 3.05) is 13.1 Å². The Morgan fingerprint density at radius 1 is 1.14 bits per heavy atom. The normalized spacial score (nSPS) is 24.6. The standard InChI is InChI=1S/C10H18F3N/c11-10(12,13)6-1-3-9-4-2-7-14-8-5-9/h9,14H,1-8H2. The molecule has 1 nitrogen and oxygen atoms in total. The van der Waals surface area contributed by atoms with Crippen LogP contribution >= 0.6 is 0 Å². The van der Waals surface area contributed by atoms with Gasteiger partial charge in [-0.1, -0.05) is 6.42 Å². The molecule has 0 aromatic rings. The van der Waals surface area contributed by atoms with Crippen LogP contribution in [0.3, 0.4) is 0 Å². The zero-order chi connectivity index (χ0) is 10.4. The van der Waals surface area contributed by atoms with Crippen LogP contribution in [0.5, 0.6) is 0 Å². The van der Waals surface area contributed by atoms with Crippen LogP contribution in [-0.2, 0) is 0 Å². The van der Waals surface area contributed by atoms with Crippen LogP contribution in [0.1, 0.15) is 38.5 Å². The maximum atomic E-state index is 11.9. The van der Waals surface area contributed by atoms with Gasteiger partial charge in [-0.05, 0) is 44.7 Å². The third-order valence-electron chi connectivity index (χ3n) is 2.77. The molecule has 0 saturated carbocycles. The van der Waals surface area contributed by atoms with Crippen molar-refractivity contribution in [2.45, 2.75) is 44.7 Å². The molecule has 4 heteroatoms. The predicted molar refractivity (Wildman–Crippen MR) is 50.1 cm³/mol. The number of rotatable bonds is 3. The largest absolute Gasteiger partial charge is 0.389 e. The van der Waals surface area contributed by atoms with Gasteiger partial charge in [-0.15, -0.1) is 0 Å². The Hall–Kier alpha value is -0.250. The van der Waals surface area contributed by atoms with Gasteiger partial charge in [0.05, 0.1) is 0 Å². The first-order valence-electron chi connectivity index (χ1n) is 5.35. The Bertz CT molecular complexity index is 148. The summed E-state index contributed by atoms with van der Waals surface area (Å²) in [6, 6.07) is 0. The van der Waals surface area contributed by atoms with Crippen LogP contribution in [-0.4, -0.2) is 19.3 Å². The van der Waals surface area contributed by atoms with Gasteiger partial charge in [0, 0.05) is 6.42 Å². The third-order valence-corrected chi connectivity index (χ3v) is 2.77. The van der Waals surface area contributed by atoms with E-state index in [1.54, 1.807) is 0 Å². The fraction of sp³-hybridized carbons (Fsp3) is 1.00. The average molecular weight is 209 g/mol. The summed E-state index contributed by atoms with van der Waals surface area (Å²) in [5.74, 6) is 0.507.